The zero-order valence-corrected chi connectivity index (χ0v) is 11.7. The maximum absolute atomic E-state index is 5.59. The third-order valence-electron chi connectivity index (χ3n) is 3.35. The monoisotopic (exact) mass is 267 g/mol. The fourth-order valence-electron chi connectivity index (χ4n) is 2.24. The second-order valence-corrected chi connectivity index (χ2v) is 4.59. The number of aromatic nitrogens is 3. The minimum absolute atomic E-state index is 0.257. The molecule has 1 N–H and O–H groups in total. The molecule has 106 valence electrons. The Hall–Kier alpha value is -1.63. The lowest BCUT2D eigenvalue weighted by Gasteiger charge is -2.18. The number of nitrogens with one attached hydrogen (secondary N) is 1. The standard InChI is InChI=1S/C12H21N5O2/c1-13-10-14-11(18-3)16-12(15-10)19-8-6-9-5-4-7-17(9)2/h9H,4-8H2,1-3H3,(H,13,14,15,16). The van der Waals surface area contributed by atoms with Crippen LogP contribution < -0.4 is 14.8 Å². The SMILES string of the molecule is CNc1nc(OC)nc(OCCC2CCCN2C)n1. The molecule has 1 saturated heterocycles. The van der Waals surface area contributed by atoms with Crippen LogP contribution in [0.2, 0.25) is 0 Å². The molecular weight excluding hydrogens is 246 g/mol. The molecule has 0 aliphatic carbocycles. The van der Waals surface area contributed by atoms with E-state index >= 15 is 0 Å². The minimum Gasteiger partial charge on any atom is -0.467 e. The Morgan fingerprint density at radius 2 is 2.11 bits per heavy atom. The lowest BCUT2D eigenvalue weighted by molar-refractivity contribution is 0.220. The summed E-state index contributed by atoms with van der Waals surface area (Å²) in [6, 6.07) is 1.16. The van der Waals surface area contributed by atoms with E-state index in [1.54, 1.807) is 7.05 Å². The van der Waals surface area contributed by atoms with Gasteiger partial charge >= 0.3 is 12.0 Å². The van der Waals surface area contributed by atoms with Crippen LogP contribution in [0.5, 0.6) is 12.0 Å². The van der Waals surface area contributed by atoms with Crippen LogP contribution in [0.4, 0.5) is 5.95 Å². The van der Waals surface area contributed by atoms with Gasteiger partial charge in [-0.3, -0.25) is 0 Å². The van der Waals surface area contributed by atoms with Crippen molar-refractivity contribution < 1.29 is 9.47 Å². The highest BCUT2D eigenvalue weighted by molar-refractivity contribution is 5.26. The highest BCUT2D eigenvalue weighted by Gasteiger charge is 2.20. The van der Waals surface area contributed by atoms with E-state index in [0.29, 0.717) is 24.6 Å². The van der Waals surface area contributed by atoms with E-state index < -0.39 is 0 Å². The lowest BCUT2D eigenvalue weighted by atomic mass is 10.2. The van der Waals surface area contributed by atoms with Crippen LogP contribution in [0, 0.1) is 0 Å². The van der Waals surface area contributed by atoms with Gasteiger partial charge in [-0.25, -0.2) is 0 Å². The van der Waals surface area contributed by atoms with Gasteiger partial charge in [0.05, 0.1) is 13.7 Å². The second kappa shape index (κ2) is 6.51. The molecule has 1 aromatic rings. The number of rotatable bonds is 6. The van der Waals surface area contributed by atoms with Crippen molar-refractivity contribution in [2.24, 2.45) is 0 Å². The van der Waals surface area contributed by atoms with E-state index in [1.807, 2.05) is 0 Å². The molecule has 0 bridgehead atoms. The predicted molar refractivity (Wildman–Crippen MR) is 71.7 cm³/mol. The van der Waals surface area contributed by atoms with Crippen LogP contribution in [-0.4, -0.2) is 60.3 Å². The van der Waals surface area contributed by atoms with Crippen molar-refractivity contribution in [3.8, 4) is 12.0 Å². The Balaban J connectivity index is 1.88. The number of likely N-dealkylation sites (tertiary alicyclic amines) is 1. The maximum atomic E-state index is 5.59. The van der Waals surface area contributed by atoms with Gasteiger partial charge in [-0.05, 0) is 32.9 Å². The topological polar surface area (TPSA) is 72.4 Å². The number of methoxy groups -OCH3 is 1. The maximum Gasteiger partial charge on any atom is 0.324 e. The van der Waals surface area contributed by atoms with Crippen molar-refractivity contribution in [3.05, 3.63) is 0 Å². The van der Waals surface area contributed by atoms with E-state index in [4.69, 9.17) is 9.47 Å². The normalized spacial score (nSPS) is 19.4. The minimum atomic E-state index is 0.257. The quantitative estimate of drug-likeness (QED) is 0.816. The highest BCUT2D eigenvalue weighted by Crippen LogP contribution is 2.18. The molecule has 7 heteroatoms. The van der Waals surface area contributed by atoms with Crippen molar-refractivity contribution in [1.29, 1.82) is 0 Å². The highest BCUT2D eigenvalue weighted by atomic mass is 16.5. The number of ether oxygens (including phenoxy) is 2. The van der Waals surface area contributed by atoms with E-state index in [2.05, 4.69) is 32.2 Å². The van der Waals surface area contributed by atoms with E-state index in [1.165, 1.54) is 26.5 Å². The van der Waals surface area contributed by atoms with Crippen LogP contribution in [0.1, 0.15) is 19.3 Å². The molecule has 0 amide bonds. The summed E-state index contributed by atoms with van der Waals surface area (Å²) >= 11 is 0. The van der Waals surface area contributed by atoms with Crippen molar-refractivity contribution in [1.82, 2.24) is 19.9 Å². The molecule has 1 aliphatic rings. The molecule has 1 atom stereocenters. The summed E-state index contributed by atoms with van der Waals surface area (Å²) in [6.45, 7) is 1.78. The van der Waals surface area contributed by atoms with Crippen LogP contribution in [0.15, 0.2) is 0 Å². The summed E-state index contributed by atoms with van der Waals surface area (Å²) in [7, 11) is 5.42. The molecule has 1 unspecified atom stereocenters. The van der Waals surface area contributed by atoms with Gasteiger partial charge in [0, 0.05) is 13.1 Å². The molecule has 2 heterocycles. The number of hydrogen-bond acceptors (Lipinski definition) is 7. The van der Waals surface area contributed by atoms with Gasteiger partial charge < -0.3 is 19.7 Å². The molecule has 1 fully saturated rings. The van der Waals surface area contributed by atoms with Gasteiger partial charge in [-0.15, -0.1) is 4.98 Å². The first-order valence-electron chi connectivity index (χ1n) is 6.53. The first kappa shape index (κ1) is 13.8. The summed E-state index contributed by atoms with van der Waals surface area (Å²) in [5, 5.41) is 2.85. The van der Waals surface area contributed by atoms with Crippen LogP contribution in [-0.2, 0) is 0 Å². The summed E-state index contributed by atoms with van der Waals surface area (Å²) in [5.41, 5.74) is 0. The molecule has 2 rings (SSSR count). The Bertz CT molecular complexity index is 393. The van der Waals surface area contributed by atoms with Gasteiger partial charge in [0.1, 0.15) is 0 Å². The van der Waals surface area contributed by atoms with Gasteiger partial charge in [-0.2, -0.15) is 9.97 Å². The molecule has 0 spiro atoms. The third kappa shape index (κ3) is 3.66. The Labute approximate surface area is 113 Å². The van der Waals surface area contributed by atoms with Crippen molar-refractivity contribution in [2.75, 3.05) is 39.7 Å². The van der Waals surface area contributed by atoms with Crippen molar-refractivity contribution in [2.45, 2.75) is 25.3 Å². The smallest absolute Gasteiger partial charge is 0.324 e. The molecule has 1 aromatic heterocycles. The Kier molecular flexibility index (Phi) is 4.73. The van der Waals surface area contributed by atoms with Crippen LogP contribution in [0.3, 0.4) is 0 Å². The first-order chi connectivity index (χ1) is 9.22. The molecule has 0 radical (unpaired) electrons. The average Bonchev–Trinajstić information content (AvgIpc) is 2.84. The number of nitrogens with zero attached hydrogens (tertiary/aromatic N) is 4. The predicted octanol–water partition coefficient (Wildman–Crippen LogP) is 0.785. The molecule has 0 aromatic carbocycles. The van der Waals surface area contributed by atoms with E-state index in [-0.39, 0.29) is 6.01 Å². The fraction of sp³-hybridized carbons (Fsp3) is 0.750. The lowest BCUT2D eigenvalue weighted by Crippen LogP contribution is -2.26. The molecule has 0 saturated carbocycles. The molecular formula is C12H21N5O2. The van der Waals surface area contributed by atoms with Crippen molar-refractivity contribution in [3.63, 3.8) is 0 Å². The van der Waals surface area contributed by atoms with Crippen LogP contribution >= 0.6 is 0 Å². The van der Waals surface area contributed by atoms with Crippen LogP contribution in [0.25, 0.3) is 0 Å². The zero-order valence-electron chi connectivity index (χ0n) is 11.7. The second-order valence-electron chi connectivity index (χ2n) is 4.59. The zero-order chi connectivity index (χ0) is 13.7. The number of anilines is 1. The molecule has 7 nitrogen and oxygen atoms in total. The van der Waals surface area contributed by atoms with E-state index in [9.17, 15) is 0 Å². The van der Waals surface area contributed by atoms with Gasteiger partial charge in [0.25, 0.3) is 0 Å². The summed E-state index contributed by atoms with van der Waals surface area (Å²) in [5.74, 6) is 0.444. The third-order valence-corrected chi connectivity index (χ3v) is 3.35. The Morgan fingerprint density at radius 1 is 1.32 bits per heavy atom. The largest absolute Gasteiger partial charge is 0.467 e. The van der Waals surface area contributed by atoms with Gasteiger partial charge in [0.2, 0.25) is 5.95 Å². The fourth-order valence-corrected chi connectivity index (χ4v) is 2.24. The summed E-state index contributed by atoms with van der Waals surface area (Å²) < 4.78 is 10.6. The molecule has 1 aliphatic heterocycles. The number of hydrogen-bond donors (Lipinski definition) is 1. The average molecular weight is 267 g/mol. The van der Waals surface area contributed by atoms with Gasteiger partial charge in [0.15, 0.2) is 0 Å². The summed E-state index contributed by atoms with van der Waals surface area (Å²) in [6.07, 6.45) is 3.49. The first-order valence-corrected chi connectivity index (χ1v) is 6.53. The Morgan fingerprint density at radius 3 is 2.74 bits per heavy atom. The van der Waals surface area contributed by atoms with E-state index in [0.717, 1.165) is 6.42 Å². The summed E-state index contributed by atoms with van der Waals surface area (Å²) in [4.78, 5) is 14.6. The molecule has 19 heavy (non-hydrogen) atoms. The van der Waals surface area contributed by atoms with Crippen molar-refractivity contribution >= 4 is 5.95 Å². The van der Waals surface area contributed by atoms with Gasteiger partial charge in [-0.1, -0.05) is 0 Å².